The fourth-order valence-corrected chi connectivity index (χ4v) is 3.92. The molecule has 31 heavy (non-hydrogen) atoms. The van der Waals surface area contributed by atoms with E-state index >= 15 is 0 Å². The quantitative estimate of drug-likeness (QED) is 0.665. The SMILES string of the molecule is CCOC(=O)CCc1c(C)nc(N2CCN(Cc3ccc4c(c3)OCO4)CC2)[nH]c1=O. The minimum absolute atomic E-state index is 0.178. The van der Waals surface area contributed by atoms with Crippen molar-refractivity contribution in [3.05, 3.63) is 45.4 Å². The number of esters is 1. The smallest absolute Gasteiger partial charge is 0.306 e. The number of aromatic amines is 1. The van der Waals surface area contributed by atoms with Gasteiger partial charge in [-0.1, -0.05) is 6.07 Å². The van der Waals surface area contributed by atoms with Crippen LogP contribution in [-0.4, -0.2) is 60.4 Å². The van der Waals surface area contributed by atoms with Crippen LogP contribution in [0.4, 0.5) is 5.95 Å². The highest BCUT2D eigenvalue weighted by Gasteiger charge is 2.21. The number of hydrogen-bond donors (Lipinski definition) is 1. The van der Waals surface area contributed by atoms with Gasteiger partial charge in [-0.25, -0.2) is 4.98 Å². The molecule has 1 N–H and O–H groups in total. The number of fused-ring (bicyclic) bond motifs is 1. The van der Waals surface area contributed by atoms with Crippen LogP contribution >= 0.6 is 0 Å². The minimum atomic E-state index is -0.302. The van der Waals surface area contributed by atoms with Gasteiger partial charge in [0.25, 0.3) is 5.56 Å². The van der Waals surface area contributed by atoms with Crippen LogP contribution in [-0.2, 0) is 22.5 Å². The predicted octanol–water partition coefficient (Wildman–Crippen LogP) is 1.62. The van der Waals surface area contributed by atoms with E-state index in [4.69, 9.17) is 14.2 Å². The van der Waals surface area contributed by atoms with Crippen molar-refractivity contribution in [3.8, 4) is 11.5 Å². The standard InChI is InChI=1S/C22H28N4O5/c1-3-29-20(27)7-5-17-15(2)23-22(24-21(17)28)26-10-8-25(9-11-26)13-16-4-6-18-19(12-16)31-14-30-18/h4,6,12H,3,5,7-11,13-14H2,1-2H3,(H,23,24,28). The van der Waals surface area contributed by atoms with Crippen LogP contribution in [0.1, 0.15) is 30.2 Å². The van der Waals surface area contributed by atoms with Crippen molar-refractivity contribution in [2.24, 2.45) is 0 Å². The van der Waals surface area contributed by atoms with E-state index < -0.39 is 0 Å². The number of piperazine rings is 1. The van der Waals surface area contributed by atoms with Gasteiger partial charge in [0, 0.05) is 50.4 Å². The Morgan fingerprint density at radius 2 is 1.97 bits per heavy atom. The number of H-pyrrole nitrogens is 1. The van der Waals surface area contributed by atoms with Crippen molar-refractivity contribution >= 4 is 11.9 Å². The second kappa shape index (κ2) is 9.38. The van der Waals surface area contributed by atoms with Crippen molar-refractivity contribution in [2.45, 2.75) is 33.2 Å². The Bertz CT molecular complexity index is 998. The first kappa shape index (κ1) is 21.2. The molecule has 2 aliphatic heterocycles. The number of nitrogens with one attached hydrogen (secondary N) is 1. The van der Waals surface area contributed by atoms with Crippen LogP contribution in [0, 0.1) is 6.92 Å². The maximum Gasteiger partial charge on any atom is 0.306 e. The third-order valence-corrected chi connectivity index (χ3v) is 5.61. The van der Waals surface area contributed by atoms with Crippen molar-refractivity contribution in [2.75, 3.05) is 44.5 Å². The number of aryl methyl sites for hydroxylation is 1. The molecule has 4 rings (SSSR count). The second-order valence-electron chi connectivity index (χ2n) is 7.71. The highest BCUT2D eigenvalue weighted by molar-refractivity contribution is 5.69. The van der Waals surface area contributed by atoms with Gasteiger partial charge in [0.2, 0.25) is 12.7 Å². The van der Waals surface area contributed by atoms with Crippen molar-refractivity contribution < 1.29 is 19.0 Å². The van der Waals surface area contributed by atoms with Gasteiger partial charge in [-0.05, 0) is 38.0 Å². The first-order chi connectivity index (χ1) is 15.0. The Morgan fingerprint density at radius 3 is 2.71 bits per heavy atom. The Balaban J connectivity index is 1.34. The fraction of sp³-hybridized carbons (Fsp3) is 0.500. The van der Waals surface area contributed by atoms with E-state index in [2.05, 4.69) is 25.8 Å². The predicted molar refractivity (Wildman–Crippen MR) is 115 cm³/mol. The highest BCUT2D eigenvalue weighted by Crippen LogP contribution is 2.32. The first-order valence-electron chi connectivity index (χ1n) is 10.6. The molecule has 1 fully saturated rings. The summed E-state index contributed by atoms with van der Waals surface area (Å²) in [7, 11) is 0. The topological polar surface area (TPSA) is 97.0 Å². The maximum atomic E-state index is 12.6. The highest BCUT2D eigenvalue weighted by atomic mass is 16.7. The fourth-order valence-electron chi connectivity index (χ4n) is 3.92. The molecule has 0 saturated carbocycles. The number of nitrogens with zero attached hydrogens (tertiary/aromatic N) is 3. The lowest BCUT2D eigenvalue weighted by molar-refractivity contribution is -0.143. The summed E-state index contributed by atoms with van der Waals surface area (Å²) in [6, 6.07) is 6.05. The number of carbonyl (C=O) groups is 1. The maximum absolute atomic E-state index is 12.6. The average Bonchev–Trinajstić information content (AvgIpc) is 3.22. The number of carbonyl (C=O) groups excluding carboxylic acids is 1. The molecule has 0 radical (unpaired) electrons. The number of aromatic nitrogens is 2. The third-order valence-electron chi connectivity index (χ3n) is 5.61. The monoisotopic (exact) mass is 428 g/mol. The third kappa shape index (κ3) is 4.99. The molecule has 0 spiro atoms. The van der Waals surface area contributed by atoms with Gasteiger partial charge in [0.05, 0.1) is 6.61 Å². The molecular weight excluding hydrogens is 400 g/mol. The van der Waals surface area contributed by atoms with E-state index in [-0.39, 0.29) is 24.7 Å². The van der Waals surface area contributed by atoms with Crippen LogP contribution < -0.4 is 19.9 Å². The zero-order chi connectivity index (χ0) is 21.8. The van der Waals surface area contributed by atoms with Gasteiger partial charge in [-0.3, -0.25) is 19.5 Å². The van der Waals surface area contributed by atoms with E-state index in [1.807, 2.05) is 19.1 Å². The number of rotatable bonds is 7. The van der Waals surface area contributed by atoms with Gasteiger partial charge in [-0.2, -0.15) is 0 Å². The Kier molecular flexibility index (Phi) is 6.41. The van der Waals surface area contributed by atoms with Gasteiger partial charge in [-0.15, -0.1) is 0 Å². The van der Waals surface area contributed by atoms with Gasteiger partial charge in [0.15, 0.2) is 11.5 Å². The van der Waals surface area contributed by atoms with Crippen molar-refractivity contribution in [3.63, 3.8) is 0 Å². The van der Waals surface area contributed by atoms with E-state index in [0.29, 0.717) is 30.2 Å². The molecule has 2 aromatic rings. The Labute approximate surface area is 180 Å². The van der Waals surface area contributed by atoms with Crippen molar-refractivity contribution in [1.82, 2.24) is 14.9 Å². The van der Waals surface area contributed by atoms with Crippen LogP contribution in [0.2, 0.25) is 0 Å². The summed E-state index contributed by atoms with van der Waals surface area (Å²) >= 11 is 0. The average molecular weight is 428 g/mol. The minimum Gasteiger partial charge on any atom is -0.466 e. The zero-order valence-electron chi connectivity index (χ0n) is 18.0. The lowest BCUT2D eigenvalue weighted by Crippen LogP contribution is -2.47. The van der Waals surface area contributed by atoms with Crippen LogP contribution in [0.3, 0.4) is 0 Å². The van der Waals surface area contributed by atoms with Crippen LogP contribution in [0.5, 0.6) is 11.5 Å². The molecule has 2 aliphatic rings. The number of ether oxygens (including phenoxy) is 3. The molecule has 0 atom stereocenters. The zero-order valence-corrected chi connectivity index (χ0v) is 18.0. The number of hydrogen-bond acceptors (Lipinski definition) is 8. The van der Waals surface area contributed by atoms with Gasteiger partial charge in [0.1, 0.15) is 0 Å². The second-order valence-corrected chi connectivity index (χ2v) is 7.71. The number of anilines is 1. The van der Waals surface area contributed by atoms with Crippen molar-refractivity contribution in [1.29, 1.82) is 0 Å². The molecule has 0 unspecified atom stereocenters. The molecule has 1 saturated heterocycles. The van der Waals surface area contributed by atoms with Crippen LogP contribution in [0.15, 0.2) is 23.0 Å². The van der Waals surface area contributed by atoms with Gasteiger partial charge < -0.3 is 19.1 Å². The van der Waals surface area contributed by atoms with E-state index in [0.717, 1.165) is 44.2 Å². The molecule has 0 amide bonds. The Morgan fingerprint density at radius 1 is 1.19 bits per heavy atom. The molecule has 0 bridgehead atoms. The molecule has 0 aliphatic carbocycles. The molecule has 1 aromatic carbocycles. The molecule has 1 aromatic heterocycles. The molecule has 9 heteroatoms. The van der Waals surface area contributed by atoms with Gasteiger partial charge >= 0.3 is 5.97 Å². The summed E-state index contributed by atoms with van der Waals surface area (Å²) in [6.45, 7) is 8.31. The lowest BCUT2D eigenvalue weighted by Gasteiger charge is -2.35. The summed E-state index contributed by atoms with van der Waals surface area (Å²) in [5.41, 5.74) is 2.20. The van der Waals surface area contributed by atoms with E-state index in [9.17, 15) is 9.59 Å². The largest absolute Gasteiger partial charge is 0.466 e. The first-order valence-corrected chi connectivity index (χ1v) is 10.6. The Hall–Kier alpha value is -3.07. The number of benzene rings is 1. The van der Waals surface area contributed by atoms with E-state index in [1.165, 1.54) is 5.56 Å². The van der Waals surface area contributed by atoms with E-state index in [1.54, 1.807) is 6.92 Å². The molecule has 9 nitrogen and oxygen atoms in total. The normalized spacial score (nSPS) is 15.9. The molecular formula is C22H28N4O5. The van der Waals surface area contributed by atoms with Crippen LogP contribution in [0.25, 0.3) is 0 Å². The summed E-state index contributed by atoms with van der Waals surface area (Å²) in [5, 5.41) is 0. The summed E-state index contributed by atoms with van der Waals surface area (Å²) in [4.78, 5) is 36.1. The molecule has 3 heterocycles. The molecule has 166 valence electrons. The summed E-state index contributed by atoms with van der Waals surface area (Å²) in [6.07, 6.45) is 0.508. The summed E-state index contributed by atoms with van der Waals surface area (Å²) in [5.74, 6) is 1.88. The lowest BCUT2D eigenvalue weighted by atomic mass is 10.1. The summed E-state index contributed by atoms with van der Waals surface area (Å²) < 4.78 is 15.8.